The lowest BCUT2D eigenvalue weighted by atomic mass is 10.0. The van der Waals surface area contributed by atoms with Crippen LogP contribution in [0.15, 0.2) is 41.0 Å². The summed E-state index contributed by atoms with van der Waals surface area (Å²) in [6.07, 6.45) is 2.70. The SMILES string of the molecule is O=C(O)c1coc(C(=O)N2CCc3ccccc3CC2)c1. The smallest absolute Gasteiger partial charge is 0.338 e. The number of carboxylic acids is 1. The molecule has 1 aromatic heterocycles. The monoisotopic (exact) mass is 285 g/mol. The fraction of sp³-hybridized carbons (Fsp3) is 0.250. The third-order valence-corrected chi connectivity index (χ3v) is 3.76. The topological polar surface area (TPSA) is 70.7 Å². The Morgan fingerprint density at radius 1 is 1.10 bits per heavy atom. The Balaban J connectivity index is 1.76. The van der Waals surface area contributed by atoms with Gasteiger partial charge in [-0.15, -0.1) is 0 Å². The molecule has 2 heterocycles. The summed E-state index contributed by atoms with van der Waals surface area (Å²) in [7, 11) is 0. The maximum atomic E-state index is 12.4. The first-order valence-corrected chi connectivity index (χ1v) is 6.83. The van der Waals surface area contributed by atoms with Gasteiger partial charge in [-0.1, -0.05) is 24.3 Å². The third-order valence-electron chi connectivity index (χ3n) is 3.76. The Hall–Kier alpha value is -2.56. The Kier molecular flexibility index (Phi) is 3.48. The second-order valence-corrected chi connectivity index (χ2v) is 5.07. The van der Waals surface area contributed by atoms with Crippen LogP contribution >= 0.6 is 0 Å². The summed E-state index contributed by atoms with van der Waals surface area (Å²) in [5.74, 6) is -1.27. The molecule has 0 saturated carbocycles. The number of aromatic carboxylic acids is 1. The molecule has 1 amide bonds. The molecule has 1 aliphatic heterocycles. The second kappa shape index (κ2) is 5.44. The molecule has 0 bridgehead atoms. The molecule has 0 unspecified atom stereocenters. The summed E-state index contributed by atoms with van der Waals surface area (Å²) < 4.78 is 5.09. The number of fused-ring (bicyclic) bond motifs is 1. The Bertz CT molecular complexity index is 662. The predicted molar refractivity (Wildman–Crippen MR) is 75.4 cm³/mol. The summed E-state index contributed by atoms with van der Waals surface area (Å²) in [6, 6.07) is 9.45. The molecular weight excluding hydrogens is 270 g/mol. The van der Waals surface area contributed by atoms with Crippen molar-refractivity contribution >= 4 is 11.9 Å². The molecule has 2 aromatic rings. The van der Waals surface area contributed by atoms with Gasteiger partial charge < -0.3 is 14.4 Å². The number of nitrogens with zero attached hydrogens (tertiary/aromatic N) is 1. The number of carboxylic acid groups (broad SMARTS) is 1. The minimum atomic E-state index is -1.10. The zero-order valence-corrected chi connectivity index (χ0v) is 11.4. The van der Waals surface area contributed by atoms with Crippen LogP contribution in [0.1, 0.15) is 32.0 Å². The van der Waals surface area contributed by atoms with Gasteiger partial charge in [-0.05, 0) is 24.0 Å². The molecule has 108 valence electrons. The first kappa shape index (κ1) is 13.4. The highest BCUT2D eigenvalue weighted by molar-refractivity contribution is 5.95. The van der Waals surface area contributed by atoms with E-state index in [1.54, 1.807) is 4.90 Å². The van der Waals surface area contributed by atoms with Gasteiger partial charge in [0.05, 0.1) is 5.56 Å². The quantitative estimate of drug-likeness (QED) is 0.918. The van der Waals surface area contributed by atoms with Crippen molar-refractivity contribution in [3.05, 3.63) is 59.0 Å². The summed E-state index contributed by atoms with van der Waals surface area (Å²) >= 11 is 0. The highest BCUT2D eigenvalue weighted by atomic mass is 16.4. The summed E-state index contributed by atoms with van der Waals surface area (Å²) in [6.45, 7) is 1.22. The van der Waals surface area contributed by atoms with E-state index >= 15 is 0 Å². The molecule has 5 heteroatoms. The second-order valence-electron chi connectivity index (χ2n) is 5.07. The van der Waals surface area contributed by atoms with Crippen LogP contribution in [0.2, 0.25) is 0 Å². The van der Waals surface area contributed by atoms with Gasteiger partial charge in [0.15, 0.2) is 5.76 Å². The normalized spacial score (nSPS) is 14.4. The van der Waals surface area contributed by atoms with E-state index < -0.39 is 5.97 Å². The van der Waals surface area contributed by atoms with Crippen LogP contribution in [-0.4, -0.2) is 35.0 Å². The van der Waals surface area contributed by atoms with Crippen LogP contribution in [0.25, 0.3) is 0 Å². The van der Waals surface area contributed by atoms with Gasteiger partial charge in [-0.3, -0.25) is 4.79 Å². The highest BCUT2D eigenvalue weighted by Gasteiger charge is 2.23. The summed E-state index contributed by atoms with van der Waals surface area (Å²) in [5, 5.41) is 8.87. The summed E-state index contributed by atoms with van der Waals surface area (Å²) in [5.41, 5.74) is 2.52. The van der Waals surface area contributed by atoms with Gasteiger partial charge >= 0.3 is 5.97 Å². The molecule has 0 fully saturated rings. The van der Waals surface area contributed by atoms with Gasteiger partial charge in [-0.2, -0.15) is 0 Å². The van der Waals surface area contributed by atoms with Crippen molar-refractivity contribution in [1.82, 2.24) is 4.90 Å². The number of amides is 1. The molecule has 0 atom stereocenters. The van der Waals surface area contributed by atoms with Crippen molar-refractivity contribution in [2.24, 2.45) is 0 Å². The number of hydrogen-bond donors (Lipinski definition) is 1. The average Bonchev–Trinajstić information content (AvgIpc) is 2.88. The van der Waals surface area contributed by atoms with E-state index in [0.29, 0.717) is 13.1 Å². The van der Waals surface area contributed by atoms with Crippen LogP contribution in [0.3, 0.4) is 0 Å². The fourth-order valence-corrected chi connectivity index (χ4v) is 2.59. The van der Waals surface area contributed by atoms with Gasteiger partial charge in [-0.25, -0.2) is 4.79 Å². The minimum Gasteiger partial charge on any atom is -0.478 e. The lowest BCUT2D eigenvalue weighted by molar-refractivity contribution is 0.0694. The van der Waals surface area contributed by atoms with Crippen molar-refractivity contribution in [2.75, 3.05) is 13.1 Å². The van der Waals surface area contributed by atoms with E-state index in [1.165, 1.54) is 17.2 Å². The predicted octanol–water partition coefficient (Wildman–Crippen LogP) is 2.22. The fourth-order valence-electron chi connectivity index (χ4n) is 2.59. The minimum absolute atomic E-state index is 0.00328. The molecule has 5 nitrogen and oxygen atoms in total. The van der Waals surface area contributed by atoms with Crippen molar-refractivity contribution in [1.29, 1.82) is 0 Å². The van der Waals surface area contributed by atoms with Crippen molar-refractivity contribution < 1.29 is 19.1 Å². The number of furan rings is 1. The van der Waals surface area contributed by atoms with Gasteiger partial charge in [0.25, 0.3) is 5.91 Å². The van der Waals surface area contributed by atoms with E-state index in [1.807, 2.05) is 12.1 Å². The van der Waals surface area contributed by atoms with Crippen LogP contribution in [0.4, 0.5) is 0 Å². The van der Waals surface area contributed by atoms with E-state index in [0.717, 1.165) is 19.1 Å². The van der Waals surface area contributed by atoms with Crippen LogP contribution < -0.4 is 0 Å². The van der Waals surface area contributed by atoms with Gasteiger partial charge in [0.1, 0.15) is 6.26 Å². The Morgan fingerprint density at radius 2 is 1.71 bits per heavy atom. The van der Waals surface area contributed by atoms with Crippen molar-refractivity contribution in [3.63, 3.8) is 0 Å². The van der Waals surface area contributed by atoms with E-state index in [9.17, 15) is 9.59 Å². The number of carbonyl (C=O) groups excluding carboxylic acids is 1. The molecule has 1 aliphatic rings. The molecular formula is C16H15NO4. The molecule has 21 heavy (non-hydrogen) atoms. The summed E-state index contributed by atoms with van der Waals surface area (Å²) in [4.78, 5) is 24.9. The van der Waals surface area contributed by atoms with Crippen molar-refractivity contribution in [2.45, 2.75) is 12.8 Å². The van der Waals surface area contributed by atoms with Crippen LogP contribution in [0, 0.1) is 0 Å². The first-order valence-electron chi connectivity index (χ1n) is 6.83. The van der Waals surface area contributed by atoms with Gasteiger partial charge in [0.2, 0.25) is 0 Å². The average molecular weight is 285 g/mol. The number of hydrogen-bond acceptors (Lipinski definition) is 3. The number of benzene rings is 1. The molecule has 0 radical (unpaired) electrons. The van der Waals surface area contributed by atoms with Crippen molar-refractivity contribution in [3.8, 4) is 0 Å². The standard InChI is InChI=1S/C16H15NO4/c18-15(14-9-13(10-21-14)16(19)20)17-7-5-11-3-1-2-4-12(11)6-8-17/h1-4,9-10H,5-8H2,(H,19,20). The highest BCUT2D eigenvalue weighted by Crippen LogP contribution is 2.18. The maximum Gasteiger partial charge on any atom is 0.338 e. The van der Waals surface area contributed by atoms with Crippen LogP contribution in [-0.2, 0) is 12.8 Å². The molecule has 1 aromatic carbocycles. The Labute approximate surface area is 121 Å². The van der Waals surface area contributed by atoms with Crippen LogP contribution in [0.5, 0.6) is 0 Å². The first-order chi connectivity index (χ1) is 10.1. The lowest BCUT2D eigenvalue weighted by Crippen LogP contribution is -2.33. The third kappa shape index (κ3) is 2.67. The largest absolute Gasteiger partial charge is 0.478 e. The number of rotatable bonds is 2. The molecule has 3 rings (SSSR count). The van der Waals surface area contributed by atoms with E-state index in [4.69, 9.17) is 9.52 Å². The molecule has 0 saturated heterocycles. The lowest BCUT2D eigenvalue weighted by Gasteiger charge is -2.18. The Morgan fingerprint density at radius 3 is 2.24 bits per heavy atom. The zero-order chi connectivity index (χ0) is 14.8. The van der Waals surface area contributed by atoms with E-state index in [2.05, 4.69) is 12.1 Å². The molecule has 0 aliphatic carbocycles. The zero-order valence-electron chi connectivity index (χ0n) is 11.4. The van der Waals surface area contributed by atoms with Gasteiger partial charge in [0, 0.05) is 19.2 Å². The van der Waals surface area contributed by atoms with E-state index in [-0.39, 0.29) is 17.2 Å². The maximum absolute atomic E-state index is 12.4. The number of carbonyl (C=O) groups is 2. The molecule has 0 spiro atoms. The molecule has 1 N–H and O–H groups in total.